The Kier molecular flexibility index (Phi) is 4.63. The Balaban J connectivity index is 1.63. The van der Waals surface area contributed by atoms with E-state index in [-0.39, 0.29) is 6.04 Å². The molecule has 0 bridgehead atoms. The zero-order chi connectivity index (χ0) is 18.3. The summed E-state index contributed by atoms with van der Waals surface area (Å²) in [5.41, 5.74) is 12.0. The normalized spacial score (nSPS) is 25.3. The zero-order valence-electron chi connectivity index (χ0n) is 15.9. The number of fused-ring (bicyclic) bond motifs is 3. The van der Waals surface area contributed by atoms with Crippen LogP contribution in [0.3, 0.4) is 0 Å². The number of methoxy groups -OCH3 is 2. The molecule has 2 aromatic carbocycles. The molecule has 4 nitrogen and oxygen atoms in total. The van der Waals surface area contributed by atoms with E-state index in [0.29, 0.717) is 12.0 Å². The van der Waals surface area contributed by atoms with Crippen molar-refractivity contribution in [1.29, 1.82) is 0 Å². The van der Waals surface area contributed by atoms with Crippen molar-refractivity contribution >= 4 is 0 Å². The summed E-state index contributed by atoms with van der Waals surface area (Å²) in [6.45, 7) is 4.22. The largest absolute Gasteiger partial charge is 0.493 e. The first kappa shape index (κ1) is 17.4. The topological polar surface area (TPSA) is 47.7 Å². The van der Waals surface area contributed by atoms with E-state index in [4.69, 9.17) is 15.2 Å². The summed E-state index contributed by atoms with van der Waals surface area (Å²) in [4.78, 5) is 2.60. The van der Waals surface area contributed by atoms with Gasteiger partial charge in [0.2, 0.25) is 0 Å². The monoisotopic (exact) mass is 352 g/mol. The van der Waals surface area contributed by atoms with Gasteiger partial charge in [-0.3, -0.25) is 4.90 Å². The van der Waals surface area contributed by atoms with Gasteiger partial charge in [-0.05, 0) is 48.6 Å². The van der Waals surface area contributed by atoms with Crippen molar-refractivity contribution in [3.63, 3.8) is 0 Å². The predicted molar refractivity (Wildman–Crippen MR) is 104 cm³/mol. The standard InChI is InChI=1S/C22H28N2O2/c1-14-4-6-15(7-5-14)18-13-24-9-8-16-10-21(25-2)22(26-3)11-17(16)20(24)12-19(18)23/h4-7,10-11,18-20H,8-9,12-13,23H2,1-3H3/t18-,19-,20+/m0/s1. The van der Waals surface area contributed by atoms with Crippen LogP contribution in [0.1, 0.15) is 40.6 Å². The third-order valence-corrected chi connectivity index (χ3v) is 6.06. The number of nitrogens with zero attached hydrogens (tertiary/aromatic N) is 1. The quantitative estimate of drug-likeness (QED) is 0.919. The third-order valence-electron chi connectivity index (χ3n) is 6.06. The van der Waals surface area contributed by atoms with E-state index >= 15 is 0 Å². The van der Waals surface area contributed by atoms with Crippen molar-refractivity contribution in [2.75, 3.05) is 27.3 Å². The number of nitrogens with two attached hydrogens (primary N) is 1. The van der Waals surface area contributed by atoms with Gasteiger partial charge in [0.25, 0.3) is 0 Å². The summed E-state index contributed by atoms with van der Waals surface area (Å²) in [7, 11) is 3.40. The minimum absolute atomic E-state index is 0.165. The second kappa shape index (κ2) is 6.93. The van der Waals surface area contributed by atoms with Crippen molar-refractivity contribution in [3.8, 4) is 11.5 Å². The van der Waals surface area contributed by atoms with Crippen LogP contribution >= 0.6 is 0 Å². The number of hydrogen-bond acceptors (Lipinski definition) is 4. The summed E-state index contributed by atoms with van der Waals surface area (Å²) in [6.07, 6.45) is 2.02. The summed E-state index contributed by atoms with van der Waals surface area (Å²) in [5.74, 6) is 2.02. The molecule has 0 saturated carbocycles. The smallest absolute Gasteiger partial charge is 0.161 e. The fraction of sp³-hybridized carbons (Fsp3) is 0.455. The molecule has 4 heteroatoms. The lowest BCUT2D eigenvalue weighted by atomic mass is 9.78. The van der Waals surface area contributed by atoms with Crippen LogP contribution in [0.25, 0.3) is 0 Å². The van der Waals surface area contributed by atoms with Gasteiger partial charge in [-0.1, -0.05) is 29.8 Å². The van der Waals surface area contributed by atoms with Crippen LogP contribution in [0.4, 0.5) is 0 Å². The van der Waals surface area contributed by atoms with Gasteiger partial charge in [-0.25, -0.2) is 0 Å². The van der Waals surface area contributed by atoms with E-state index < -0.39 is 0 Å². The molecule has 2 aliphatic heterocycles. The van der Waals surface area contributed by atoms with Crippen LogP contribution in [0, 0.1) is 6.92 Å². The SMILES string of the molecule is COc1cc2c(cc1OC)[C@H]1C[C@H](N)[C@H](c3ccc(C)cc3)CN1CC2. The van der Waals surface area contributed by atoms with Crippen molar-refractivity contribution in [1.82, 2.24) is 4.90 Å². The van der Waals surface area contributed by atoms with Gasteiger partial charge < -0.3 is 15.2 Å². The second-order valence-corrected chi connectivity index (χ2v) is 7.58. The van der Waals surface area contributed by atoms with Crippen molar-refractivity contribution in [2.24, 2.45) is 5.73 Å². The molecule has 0 aliphatic carbocycles. The fourth-order valence-electron chi connectivity index (χ4n) is 4.55. The highest BCUT2D eigenvalue weighted by Crippen LogP contribution is 2.44. The van der Waals surface area contributed by atoms with Crippen LogP contribution < -0.4 is 15.2 Å². The number of hydrogen-bond donors (Lipinski definition) is 1. The average Bonchev–Trinajstić information content (AvgIpc) is 2.67. The molecule has 1 saturated heterocycles. The lowest BCUT2D eigenvalue weighted by Crippen LogP contribution is -2.49. The van der Waals surface area contributed by atoms with E-state index in [9.17, 15) is 0 Å². The Morgan fingerprint density at radius 1 is 1.04 bits per heavy atom. The number of ether oxygens (including phenoxy) is 2. The molecule has 0 aromatic heterocycles. The molecule has 1 fully saturated rings. The second-order valence-electron chi connectivity index (χ2n) is 7.58. The summed E-state index contributed by atoms with van der Waals surface area (Å²) >= 11 is 0. The Bertz CT molecular complexity index is 787. The van der Waals surface area contributed by atoms with Crippen molar-refractivity contribution in [3.05, 3.63) is 58.7 Å². The van der Waals surface area contributed by atoms with Crippen LogP contribution in [0.15, 0.2) is 36.4 Å². The van der Waals surface area contributed by atoms with Gasteiger partial charge in [0, 0.05) is 31.1 Å². The molecular formula is C22H28N2O2. The molecule has 2 heterocycles. The molecule has 26 heavy (non-hydrogen) atoms. The Morgan fingerprint density at radius 3 is 2.42 bits per heavy atom. The molecule has 2 aromatic rings. The molecule has 0 unspecified atom stereocenters. The molecular weight excluding hydrogens is 324 g/mol. The third kappa shape index (κ3) is 2.97. The van der Waals surface area contributed by atoms with Gasteiger partial charge in [-0.15, -0.1) is 0 Å². The molecule has 0 radical (unpaired) electrons. The summed E-state index contributed by atoms with van der Waals surface area (Å²) in [5, 5.41) is 0. The predicted octanol–water partition coefficient (Wildman–Crippen LogP) is 3.43. The highest BCUT2D eigenvalue weighted by Gasteiger charge is 2.38. The maximum absolute atomic E-state index is 6.66. The van der Waals surface area contributed by atoms with Gasteiger partial charge in [-0.2, -0.15) is 0 Å². The van der Waals surface area contributed by atoms with Gasteiger partial charge >= 0.3 is 0 Å². The number of piperidine rings is 1. The lowest BCUT2D eigenvalue weighted by molar-refractivity contribution is 0.109. The van der Waals surface area contributed by atoms with Crippen LogP contribution in [-0.4, -0.2) is 38.3 Å². The van der Waals surface area contributed by atoms with E-state index in [1.165, 1.54) is 22.3 Å². The van der Waals surface area contributed by atoms with Gasteiger partial charge in [0.15, 0.2) is 11.5 Å². The maximum Gasteiger partial charge on any atom is 0.161 e. The highest BCUT2D eigenvalue weighted by atomic mass is 16.5. The molecule has 0 amide bonds. The maximum atomic E-state index is 6.66. The van der Waals surface area contributed by atoms with Crippen molar-refractivity contribution in [2.45, 2.75) is 37.8 Å². The van der Waals surface area contributed by atoms with Gasteiger partial charge in [0.05, 0.1) is 14.2 Å². The molecule has 2 N–H and O–H groups in total. The average molecular weight is 352 g/mol. The molecule has 0 spiro atoms. The number of aryl methyl sites for hydroxylation is 1. The molecule has 138 valence electrons. The minimum Gasteiger partial charge on any atom is -0.493 e. The van der Waals surface area contributed by atoms with Crippen molar-refractivity contribution < 1.29 is 9.47 Å². The Labute approximate surface area is 155 Å². The number of rotatable bonds is 3. The minimum atomic E-state index is 0.165. The summed E-state index contributed by atoms with van der Waals surface area (Å²) in [6, 6.07) is 13.7. The summed E-state index contributed by atoms with van der Waals surface area (Å²) < 4.78 is 11.0. The molecule has 3 atom stereocenters. The van der Waals surface area contributed by atoms with E-state index in [1.54, 1.807) is 14.2 Å². The first-order valence-electron chi connectivity index (χ1n) is 9.41. The van der Waals surface area contributed by atoms with Crippen LogP contribution in [0.5, 0.6) is 11.5 Å². The van der Waals surface area contributed by atoms with E-state index in [0.717, 1.165) is 37.4 Å². The number of benzene rings is 2. The first-order valence-corrected chi connectivity index (χ1v) is 9.41. The fourth-order valence-corrected chi connectivity index (χ4v) is 4.55. The molecule has 2 aliphatic rings. The molecule has 4 rings (SSSR count). The van der Waals surface area contributed by atoms with Gasteiger partial charge in [0.1, 0.15) is 0 Å². The van der Waals surface area contributed by atoms with Crippen LogP contribution in [-0.2, 0) is 6.42 Å². The Morgan fingerprint density at radius 2 is 1.73 bits per heavy atom. The van der Waals surface area contributed by atoms with E-state index in [2.05, 4.69) is 48.2 Å². The van der Waals surface area contributed by atoms with E-state index in [1.807, 2.05) is 0 Å². The first-order chi connectivity index (χ1) is 12.6. The van der Waals surface area contributed by atoms with Crippen LogP contribution in [0.2, 0.25) is 0 Å². The highest BCUT2D eigenvalue weighted by molar-refractivity contribution is 5.50. The lowest BCUT2D eigenvalue weighted by Gasteiger charge is -2.46. The zero-order valence-corrected chi connectivity index (χ0v) is 15.9. The Hall–Kier alpha value is -2.04.